The van der Waals surface area contributed by atoms with Gasteiger partial charge in [0.2, 0.25) is 0 Å². The zero-order valence-corrected chi connectivity index (χ0v) is 12.8. The summed E-state index contributed by atoms with van der Waals surface area (Å²) in [5.41, 5.74) is 0. The Morgan fingerprint density at radius 2 is 1.62 bits per heavy atom. The molecule has 0 amide bonds. The molecule has 2 saturated carbocycles. The van der Waals surface area contributed by atoms with E-state index in [1.165, 1.54) is 19.3 Å². The van der Waals surface area contributed by atoms with Gasteiger partial charge in [-0.05, 0) is 48.7 Å². The summed E-state index contributed by atoms with van der Waals surface area (Å²) in [5.74, 6) is 3.11. The summed E-state index contributed by atoms with van der Waals surface area (Å²) in [6.45, 7) is 14.1. The van der Waals surface area contributed by atoms with Crippen LogP contribution in [-0.4, -0.2) is 14.4 Å². The Labute approximate surface area is 102 Å². The van der Waals surface area contributed by atoms with Crippen LogP contribution in [0.2, 0.25) is 18.1 Å². The van der Waals surface area contributed by atoms with Gasteiger partial charge >= 0.3 is 0 Å². The van der Waals surface area contributed by atoms with Gasteiger partial charge in [-0.1, -0.05) is 34.1 Å². The second-order valence-electron chi connectivity index (χ2n) is 7.37. The zero-order chi connectivity index (χ0) is 12.1. The van der Waals surface area contributed by atoms with E-state index < -0.39 is 8.32 Å². The van der Waals surface area contributed by atoms with Crippen molar-refractivity contribution in [2.24, 2.45) is 17.8 Å². The van der Waals surface area contributed by atoms with Crippen LogP contribution >= 0.6 is 0 Å². The van der Waals surface area contributed by atoms with E-state index in [4.69, 9.17) is 4.43 Å². The molecule has 1 nitrogen and oxygen atoms in total. The average molecular weight is 240 g/mol. The highest BCUT2D eigenvalue weighted by Crippen LogP contribution is 2.60. The van der Waals surface area contributed by atoms with E-state index >= 15 is 0 Å². The van der Waals surface area contributed by atoms with E-state index in [1.54, 1.807) is 0 Å². The zero-order valence-electron chi connectivity index (χ0n) is 11.8. The van der Waals surface area contributed by atoms with E-state index in [2.05, 4.69) is 40.8 Å². The lowest BCUT2D eigenvalue weighted by Gasteiger charge is -2.39. The number of hydrogen-bond acceptors (Lipinski definition) is 1. The van der Waals surface area contributed by atoms with Crippen LogP contribution in [0.4, 0.5) is 0 Å². The van der Waals surface area contributed by atoms with Crippen molar-refractivity contribution in [2.75, 3.05) is 0 Å². The Hall–Kier alpha value is 0.177. The SMILES string of the molecule is CCC1C2CC(O[Si](C)(C)C(C)(C)C)CC12. The van der Waals surface area contributed by atoms with Gasteiger partial charge in [0.1, 0.15) is 0 Å². The fourth-order valence-corrected chi connectivity index (χ4v) is 4.60. The molecule has 2 rings (SSSR count). The molecule has 0 aromatic carbocycles. The van der Waals surface area contributed by atoms with Crippen molar-refractivity contribution < 1.29 is 4.43 Å². The quantitative estimate of drug-likeness (QED) is 0.663. The van der Waals surface area contributed by atoms with Crippen LogP contribution in [0.15, 0.2) is 0 Å². The molecule has 2 aliphatic rings. The fourth-order valence-electron chi connectivity index (χ4n) is 3.22. The molecule has 0 aromatic heterocycles. The van der Waals surface area contributed by atoms with Crippen LogP contribution in [0.1, 0.15) is 47.0 Å². The third kappa shape index (κ3) is 2.11. The molecule has 0 aromatic rings. The van der Waals surface area contributed by atoms with Crippen LogP contribution < -0.4 is 0 Å². The van der Waals surface area contributed by atoms with Gasteiger partial charge in [0.05, 0.1) is 0 Å². The molecule has 94 valence electrons. The first-order valence-corrected chi connectivity index (χ1v) is 9.85. The lowest BCUT2D eigenvalue weighted by atomic mass is 10.1. The molecule has 0 spiro atoms. The smallest absolute Gasteiger partial charge is 0.192 e. The first-order chi connectivity index (χ1) is 7.26. The minimum atomic E-state index is -1.51. The first kappa shape index (κ1) is 12.6. The largest absolute Gasteiger partial charge is 0.414 e. The van der Waals surface area contributed by atoms with Crippen LogP contribution in [0.25, 0.3) is 0 Å². The van der Waals surface area contributed by atoms with Crippen LogP contribution in [-0.2, 0) is 4.43 Å². The maximum Gasteiger partial charge on any atom is 0.192 e. The van der Waals surface area contributed by atoms with Crippen molar-refractivity contribution in [1.82, 2.24) is 0 Å². The van der Waals surface area contributed by atoms with E-state index in [-0.39, 0.29) is 0 Å². The summed E-state index contributed by atoms with van der Waals surface area (Å²) >= 11 is 0. The Morgan fingerprint density at radius 3 is 2.00 bits per heavy atom. The van der Waals surface area contributed by atoms with Gasteiger partial charge in [-0.3, -0.25) is 0 Å². The molecule has 16 heavy (non-hydrogen) atoms. The summed E-state index contributed by atoms with van der Waals surface area (Å²) in [6, 6.07) is 0. The maximum absolute atomic E-state index is 6.50. The first-order valence-electron chi connectivity index (χ1n) is 6.94. The Kier molecular flexibility index (Phi) is 3.03. The van der Waals surface area contributed by atoms with E-state index in [0.29, 0.717) is 11.1 Å². The molecular formula is C14H28OSi. The molecule has 2 unspecified atom stereocenters. The van der Waals surface area contributed by atoms with Crippen molar-refractivity contribution in [3.63, 3.8) is 0 Å². The van der Waals surface area contributed by atoms with Gasteiger partial charge in [0.15, 0.2) is 8.32 Å². The summed E-state index contributed by atoms with van der Waals surface area (Å²) in [7, 11) is -1.51. The van der Waals surface area contributed by atoms with Gasteiger partial charge in [0.25, 0.3) is 0 Å². The van der Waals surface area contributed by atoms with E-state index in [1.807, 2.05) is 0 Å². The average Bonchev–Trinajstić information content (AvgIpc) is 2.59. The summed E-state index contributed by atoms with van der Waals surface area (Å²) in [4.78, 5) is 0. The number of hydrogen-bond donors (Lipinski definition) is 0. The van der Waals surface area contributed by atoms with Gasteiger partial charge in [-0.15, -0.1) is 0 Å². The molecule has 0 bridgehead atoms. The van der Waals surface area contributed by atoms with Crippen LogP contribution in [0.5, 0.6) is 0 Å². The molecule has 0 saturated heterocycles. The van der Waals surface area contributed by atoms with Crippen molar-refractivity contribution in [1.29, 1.82) is 0 Å². The molecule has 2 aliphatic carbocycles. The Bertz CT molecular complexity index is 254. The molecule has 0 radical (unpaired) electrons. The lowest BCUT2D eigenvalue weighted by molar-refractivity contribution is 0.166. The highest BCUT2D eigenvalue weighted by Gasteiger charge is 2.56. The number of rotatable bonds is 3. The third-order valence-electron chi connectivity index (χ3n) is 5.32. The predicted octanol–water partition coefficient (Wildman–Crippen LogP) is 4.44. The minimum Gasteiger partial charge on any atom is -0.414 e. The summed E-state index contributed by atoms with van der Waals surface area (Å²) < 4.78 is 6.50. The second kappa shape index (κ2) is 3.84. The molecule has 2 heteroatoms. The van der Waals surface area contributed by atoms with Gasteiger partial charge in [-0.25, -0.2) is 0 Å². The molecule has 0 aliphatic heterocycles. The molecular weight excluding hydrogens is 212 g/mol. The highest BCUT2D eigenvalue weighted by atomic mass is 28.4. The molecule has 2 atom stereocenters. The lowest BCUT2D eigenvalue weighted by Crippen LogP contribution is -2.43. The molecule has 0 N–H and O–H groups in total. The summed E-state index contributed by atoms with van der Waals surface area (Å²) in [5, 5.41) is 0.365. The monoisotopic (exact) mass is 240 g/mol. The normalized spacial score (nSPS) is 38.6. The van der Waals surface area contributed by atoms with Crippen LogP contribution in [0.3, 0.4) is 0 Å². The van der Waals surface area contributed by atoms with Crippen molar-refractivity contribution in [3.8, 4) is 0 Å². The molecule has 2 fully saturated rings. The Morgan fingerprint density at radius 1 is 1.12 bits per heavy atom. The fraction of sp³-hybridized carbons (Fsp3) is 1.00. The van der Waals surface area contributed by atoms with Crippen LogP contribution in [0, 0.1) is 17.8 Å². The maximum atomic E-state index is 6.50. The number of fused-ring (bicyclic) bond motifs is 1. The van der Waals surface area contributed by atoms with Gasteiger partial charge in [0, 0.05) is 6.10 Å². The predicted molar refractivity (Wildman–Crippen MR) is 72.1 cm³/mol. The van der Waals surface area contributed by atoms with Gasteiger partial charge < -0.3 is 4.43 Å². The highest BCUT2D eigenvalue weighted by molar-refractivity contribution is 6.74. The van der Waals surface area contributed by atoms with Gasteiger partial charge in [-0.2, -0.15) is 0 Å². The Balaban J connectivity index is 1.85. The van der Waals surface area contributed by atoms with Crippen molar-refractivity contribution in [2.45, 2.75) is 71.2 Å². The topological polar surface area (TPSA) is 9.23 Å². The standard InChI is InChI=1S/C14H28OSi/c1-7-11-12-8-10(9-13(11)12)15-16(5,6)14(2,3)4/h10-13H,7-9H2,1-6H3. The van der Waals surface area contributed by atoms with Crippen molar-refractivity contribution in [3.05, 3.63) is 0 Å². The molecule has 0 heterocycles. The second-order valence-corrected chi connectivity index (χ2v) is 12.1. The van der Waals surface area contributed by atoms with E-state index in [9.17, 15) is 0 Å². The minimum absolute atomic E-state index is 0.365. The third-order valence-corrected chi connectivity index (χ3v) is 9.85. The van der Waals surface area contributed by atoms with Crippen molar-refractivity contribution >= 4 is 8.32 Å². The van der Waals surface area contributed by atoms with E-state index in [0.717, 1.165) is 17.8 Å². The summed E-state index contributed by atoms with van der Waals surface area (Å²) in [6.07, 6.45) is 4.70.